The van der Waals surface area contributed by atoms with E-state index < -0.39 is 0 Å². The van der Waals surface area contributed by atoms with Gasteiger partial charge in [-0.15, -0.1) is 0 Å². The van der Waals surface area contributed by atoms with Crippen molar-refractivity contribution >= 4 is 17.4 Å². The highest BCUT2D eigenvalue weighted by atomic mass is 35.5. The highest BCUT2D eigenvalue weighted by Gasteiger charge is 2.21. The van der Waals surface area contributed by atoms with Crippen LogP contribution in [0.2, 0.25) is 5.02 Å². The van der Waals surface area contributed by atoms with E-state index in [-0.39, 0.29) is 5.92 Å². The Hall–Kier alpha value is -1.88. The molecule has 0 aliphatic rings. The molecule has 0 spiro atoms. The van der Waals surface area contributed by atoms with Crippen molar-refractivity contribution in [1.82, 2.24) is 9.66 Å². The molecular weight excluding hydrogens is 264 g/mol. The van der Waals surface area contributed by atoms with Crippen LogP contribution in [0.1, 0.15) is 25.6 Å². The number of halogens is 1. The number of rotatable bonds is 3. The van der Waals surface area contributed by atoms with Gasteiger partial charge in [-0.2, -0.15) is 0 Å². The molecule has 4 N–H and O–H groups in total. The van der Waals surface area contributed by atoms with Gasteiger partial charge in [-0.1, -0.05) is 31.5 Å². The summed E-state index contributed by atoms with van der Waals surface area (Å²) in [5.74, 6) is 7.78. The predicted molar refractivity (Wildman–Crippen MR) is 77.9 cm³/mol. The van der Waals surface area contributed by atoms with Crippen LogP contribution in [0, 0.1) is 0 Å². The molecule has 2 aromatic rings. The number of benzene rings is 1. The molecule has 6 heteroatoms. The second-order valence-electron chi connectivity index (χ2n) is 4.55. The minimum Gasteiger partial charge on any atom is -0.496 e. The maximum atomic E-state index is 6.23. The van der Waals surface area contributed by atoms with Crippen LogP contribution in [0.4, 0.5) is 5.82 Å². The van der Waals surface area contributed by atoms with Crippen molar-refractivity contribution in [2.45, 2.75) is 19.8 Å². The van der Waals surface area contributed by atoms with Gasteiger partial charge < -0.3 is 16.3 Å². The lowest BCUT2D eigenvalue weighted by Crippen LogP contribution is -2.16. The number of methoxy groups -OCH3 is 1. The molecule has 102 valence electrons. The standard InChI is InChI=1S/C13H17ClN4O/c1-7(2)13-17-11(12(15)18(13)16)10-8(14)5-4-6-9(10)19-3/h4-7H,15-16H2,1-3H3. The van der Waals surface area contributed by atoms with Crippen molar-refractivity contribution < 1.29 is 4.74 Å². The third-order valence-electron chi connectivity index (χ3n) is 2.92. The molecule has 1 aromatic carbocycles. The summed E-state index contributed by atoms with van der Waals surface area (Å²) in [5.41, 5.74) is 7.24. The van der Waals surface area contributed by atoms with Crippen LogP contribution >= 0.6 is 11.6 Å². The van der Waals surface area contributed by atoms with Crippen molar-refractivity contribution in [2.24, 2.45) is 0 Å². The Morgan fingerprint density at radius 2 is 2.05 bits per heavy atom. The molecule has 0 fully saturated rings. The zero-order valence-electron chi connectivity index (χ0n) is 11.1. The van der Waals surface area contributed by atoms with E-state index in [9.17, 15) is 0 Å². The molecule has 0 aliphatic carbocycles. The first-order chi connectivity index (χ1) is 8.97. The number of hydrogen-bond acceptors (Lipinski definition) is 4. The first kappa shape index (κ1) is 13.5. The normalized spacial score (nSPS) is 11.0. The molecular formula is C13H17ClN4O. The van der Waals surface area contributed by atoms with Crippen molar-refractivity contribution in [3.05, 3.63) is 29.0 Å². The van der Waals surface area contributed by atoms with Crippen molar-refractivity contribution in [1.29, 1.82) is 0 Å². The Morgan fingerprint density at radius 1 is 1.37 bits per heavy atom. The maximum Gasteiger partial charge on any atom is 0.151 e. The fourth-order valence-corrected chi connectivity index (χ4v) is 2.21. The van der Waals surface area contributed by atoms with Crippen LogP contribution in [-0.2, 0) is 0 Å². The Morgan fingerprint density at radius 3 is 2.58 bits per heavy atom. The SMILES string of the molecule is COc1cccc(Cl)c1-c1nc(C(C)C)n(N)c1N. The summed E-state index contributed by atoms with van der Waals surface area (Å²) in [6.45, 7) is 4.00. The lowest BCUT2D eigenvalue weighted by atomic mass is 10.1. The highest BCUT2D eigenvalue weighted by molar-refractivity contribution is 6.33. The number of hydrogen-bond donors (Lipinski definition) is 2. The fourth-order valence-electron chi connectivity index (χ4n) is 1.96. The molecule has 0 bridgehead atoms. The first-order valence-electron chi connectivity index (χ1n) is 5.93. The smallest absolute Gasteiger partial charge is 0.151 e. The van der Waals surface area contributed by atoms with E-state index in [2.05, 4.69) is 4.98 Å². The third-order valence-corrected chi connectivity index (χ3v) is 3.24. The van der Waals surface area contributed by atoms with Gasteiger partial charge >= 0.3 is 0 Å². The zero-order chi connectivity index (χ0) is 14.2. The van der Waals surface area contributed by atoms with Gasteiger partial charge in [-0.3, -0.25) is 0 Å². The van der Waals surface area contributed by atoms with E-state index >= 15 is 0 Å². The molecule has 1 aromatic heterocycles. The van der Waals surface area contributed by atoms with Gasteiger partial charge in [0.25, 0.3) is 0 Å². The van der Waals surface area contributed by atoms with Crippen molar-refractivity contribution in [3.8, 4) is 17.0 Å². The second kappa shape index (κ2) is 5.01. The van der Waals surface area contributed by atoms with E-state index in [0.29, 0.717) is 33.7 Å². The summed E-state index contributed by atoms with van der Waals surface area (Å²) in [4.78, 5) is 4.50. The summed E-state index contributed by atoms with van der Waals surface area (Å²) in [6, 6.07) is 5.39. The first-order valence-corrected chi connectivity index (χ1v) is 6.31. The molecule has 1 heterocycles. The Balaban J connectivity index is 2.69. The minimum atomic E-state index is 0.162. The van der Waals surface area contributed by atoms with Crippen LogP contribution in [0.3, 0.4) is 0 Å². The van der Waals surface area contributed by atoms with Gasteiger partial charge in [0, 0.05) is 5.92 Å². The number of anilines is 1. The zero-order valence-corrected chi connectivity index (χ0v) is 11.9. The average Bonchev–Trinajstić information content (AvgIpc) is 2.66. The monoisotopic (exact) mass is 280 g/mol. The Kier molecular flexibility index (Phi) is 3.57. The van der Waals surface area contributed by atoms with Crippen LogP contribution in [-0.4, -0.2) is 16.8 Å². The summed E-state index contributed by atoms with van der Waals surface area (Å²) in [7, 11) is 1.58. The van der Waals surface area contributed by atoms with Gasteiger partial charge in [-0.05, 0) is 12.1 Å². The summed E-state index contributed by atoms with van der Waals surface area (Å²) >= 11 is 6.23. The maximum absolute atomic E-state index is 6.23. The molecule has 0 radical (unpaired) electrons. The number of imidazole rings is 1. The largest absolute Gasteiger partial charge is 0.496 e. The highest BCUT2D eigenvalue weighted by Crippen LogP contribution is 2.39. The molecule has 0 saturated carbocycles. The molecule has 19 heavy (non-hydrogen) atoms. The second-order valence-corrected chi connectivity index (χ2v) is 4.95. The fraction of sp³-hybridized carbons (Fsp3) is 0.308. The predicted octanol–water partition coefficient (Wildman–Crippen LogP) is 2.63. The molecule has 2 rings (SSSR count). The van der Waals surface area contributed by atoms with Crippen LogP contribution in [0.25, 0.3) is 11.3 Å². The number of nitrogen functional groups attached to an aromatic ring is 2. The average molecular weight is 281 g/mol. The summed E-state index contributed by atoms with van der Waals surface area (Å²) < 4.78 is 6.71. The number of nitrogens with zero attached hydrogens (tertiary/aromatic N) is 2. The molecule has 5 nitrogen and oxygen atoms in total. The lowest BCUT2D eigenvalue weighted by Gasteiger charge is -2.08. The topological polar surface area (TPSA) is 79.1 Å². The van der Waals surface area contributed by atoms with Gasteiger partial charge in [0.2, 0.25) is 0 Å². The minimum absolute atomic E-state index is 0.162. The van der Waals surface area contributed by atoms with Crippen LogP contribution in [0.15, 0.2) is 18.2 Å². The van der Waals surface area contributed by atoms with Gasteiger partial charge in [-0.25, -0.2) is 9.66 Å². The van der Waals surface area contributed by atoms with E-state index in [0.717, 1.165) is 0 Å². The Labute approximate surface area is 117 Å². The van der Waals surface area contributed by atoms with Gasteiger partial charge in [0.15, 0.2) is 5.82 Å². The summed E-state index contributed by atoms with van der Waals surface area (Å²) in [6.07, 6.45) is 0. The molecule has 0 unspecified atom stereocenters. The van der Waals surface area contributed by atoms with E-state index in [1.165, 1.54) is 4.68 Å². The molecule has 0 amide bonds. The summed E-state index contributed by atoms with van der Waals surface area (Å²) in [5, 5.41) is 0.527. The third kappa shape index (κ3) is 2.21. The van der Waals surface area contributed by atoms with Crippen molar-refractivity contribution in [2.75, 3.05) is 18.7 Å². The molecule has 0 atom stereocenters. The Bertz CT molecular complexity index is 607. The lowest BCUT2D eigenvalue weighted by molar-refractivity contribution is 0.416. The number of ether oxygens (including phenoxy) is 1. The van der Waals surface area contributed by atoms with Gasteiger partial charge in [0.05, 0.1) is 17.7 Å². The number of nitrogens with two attached hydrogens (primary N) is 2. The van der Waals surface area contributed by atoms with Crippen molar-refractivity contribution in [3.63, 3.8) is 0 Å². The van der Waals surface area contributed by atoms with E-state index in [1.54, 1.807) is 13.2 Å². The quantitative estimate of drug-likeness (QED) is 0.847. The van der Waals surface area contributed by atoms with E-state index in [1.807, 2.05) is 26.0 Å². The van der Waals surface area contributed by atoms with Crippen LogP contribution < -0.4 is 16.3 Å². The van der Waals surface area contributed by atoms with Gasteiger partial charge in [0.1, 0.15) is 17.3 Å². The molecule has 0 aliphatic heterocycles. The van der Waals surface area contributed by atoms with E-state index in [4.69, 9.17) is 27.9 Å². The molecule has 0 saturated heterocycles. The van der Waals surface area contributed by atoms with Crippen LogP contribution in [0.5, 0.6) is 5.75 Å². The number of aromatic nitrogens is 2.